The van der Waals surface area contributed by atoms with E-state index in [1.165, 1.54) is 11.3 Å². The molecule has 0 bridgehead atoms. The summed E-state index contributed by atoms with van der Waals surface area (Å²) in [6.07, 6.45) is 0. The van der Waals surface area contributed by atoms with Crippen LogP contribution in [-0.2, 0) is 16.1 Å². The molecule has 0 aromatic heterocycles. The molecule has 1 aliphatic heterocycles. The van der Waals surface area contributed by atoms with E-state index < -0.39 is 0 Å². The summed E-state index contributed by atoms with van der Waals surface area (Å²) in [6.45, 7) is 10.1. The minimum atomic E-state index is -0.0309. The van der Waals surface area contributed by atoms with E-state index in [0.29, 0.717) is 6.54 Å². The van der Waals surface area contributed by atoms with Gasteiger partial charge in [-0.25, -0.2) is 0 Å². The minimum absolute atomic E-state index is 0.0309. The van der Waals surface area contributed by atoms with Gasteiger partial charge < -0.3 is 19.3 Å². The molecule has 3 rings (SSSR count). The minimum Gasteiger partial charge on any atom is -0.483 e. The molecule has 1 fully saturated rings. The third-order valence-electron chi connectivity index (χ3n) is 5.10. The smallest absolute Gasteiger partial charge is 0.260 e. The van der Waals surface area contributed by atoms with Crippen molar-refractivity contribution in [1.29, 1.82) is 0 Å². The summed E-state index contributed by atoms with van der Waals surface area (Å²) in [5.74, 6) is 0.777. The summed E-state index contributed by atoms with van der Waals surface area (Å²) in [5, 5.41) is 0. The van der Waals surface area contributed by atoms with Crippen molar-refractivity contribution in [1.82, 2.24) is 4.90 Å². The summed E-state index contributed by atoms with van der Waals surface area (Å²) in [6, 6.07) is 12.6. The average molecular weight is 383 g/mol. The second-order valence-electron chi connectivity index (χ2n) is 7.53. The van der Waals surface area contributed by atoms with E-state index >= 15 is 0 Å². The van der Waals surface area contributed by atoms with Crippen LogP contribution in [0.5, 0.6) is 5.75 Å². The first kappa shape index (κ1) is 20.2. The average Bonchev–Trinajstić information content (AvgIpc) is 2.68. The second kappa shape index (κ2) is 9.11. The summed E-state index contributed by atoms with van der Waals surface area (Å²) in [5.41, 5.74) is 5.63. The molecule has 1 aliphatic rings. The van der Waals surface area contributed by atoms with Gasteiger partial charge in [0.2, 0.25) is 0 Å². The van der Waals surface area contributed by atoms with Crippen LogP contribution in [0.15, 0.2) is 36.4 Å². The molecule has 0 spiro atoms. The maximum Gasteiger partial charge on any atom is 0.260 e. The van der Waals surface area contributed by atoms with Gasteiger partial charge >= 0.3 is 0 Å². The molecule has 2 aromatic rings. The predicted octanol–water partition coefficient (Wildman–Crippen LogP) is 3.49. The van der Waals surface area contributed by atoms with Gasteiger partial charge in [-0.05, 0) is 49.6 Å². The fourth-order valence-corrected chi connectivity index (χ4v) is 3.63. The van der Waals surface area contributed by atoms with Crippen molar-refractivity contribution in [2.24, 2.45) is 0 Å². The highest BCUT2D eigenvalue weighted by Gasteiger charge is 2.14. The van der Waals surface area contributed by atoms with E-state index in [1.807, 2.05) is 20.9 Å². The lowest BCUT2D eigenvalue weighted by atomic mass is 10.1. The normalized spacial score (nSPS) is 14.1. The van der Waals surface area contributed by atoms with Crippen molar-refractivity contribution >= 4 is 11.6 Å². The van der Waals surface area contributed by atoms with E-state index in [-0.39, 0.29) is 12.5 Å². The second-order valence-corrected chi connectivity index (χ2v) is 7.53. The molecule has 0 aliphatic carbocycles. The molecule has 1 heterocycles. The molecule has 5 heteroatoms. The van der Waals surface area contributed by atoms with E-state index in [2.05, 4.69) is 48.2 Å². The first-order valence-electron chi connectivity index (χ1n) is 9.80. The Bertz CT molecular complexity index is 788. The number of morpholine rings is 1. The summed E-state index contributed by atoms with van der Waals surface area (Å²) < 4.78 is 11.2. The fraction of sp³-hybridized carbons (Fsp3) is 0.435. The van der Waals surface area contributed by atoms with Crippen LogP contribution in [0.4, 0.5) is 5.69 Å². The highest BCUT2D eigenvalue weighted by molar-refractivity contribution is 5.77. The van der Waals surface area contributed by atoms with Crippen molar-refractivity contribution in [2.45, 2.75) is 27.3 Å². The van der Waals surface area contributed by atoms with E-state index in [0.717, 1.165) is 48.7 Å². The predicted molar refractivity (Wildman–Crippen MR) is 112 cm³/mol. The maximum absolute atomic E-state index is 12.5. The number of rotatable bonds is 6. The fourth-order valence-electron chi connectivity index (χ4n) is 3.63. The Morgan fingerprint density at radius 1 is 1.07 bits per heavy atom. The molecule has 0 radical (unpaired) electrons. The Morgan fingerprint density at radius 2 is 1.68 bits per heavy atom. The number of nitrogens with zero attached hydrogens (tertiary/aromatic N) is 2. The largest absolute Gasteiger partial charge is 0.483 e. The number of ether oxygens (including phenoxy) is 2. The highest BCUT2D eigenvalue weighted by atomic mass is 16.5. The van der Waals surface area contributed by atoms with E-state index in [1.54, 1.807) is 4.90 Å². The van der Waals surface area contributed by atoms with Crippen molar-refractivity contribution in [2.75, 3.05) is 44.9 Å². The summed E-state index contributed by atoms with van der Waals surface area (Å²) in [4.78, 5) is 16.5. The van der Waals surface area contributed by atoms with Gasteiger partial charge in [0.15, 0.2) is 6.61 Å². The monoisotopic (exact) mass is 382 g/mol. The number of amides is 1. The van der Waals surface area contributed by atoms with Gasteiger partial charge in [0.1, 0.15) is 5.75 Å². The van der Waals surface area contributed by atoms with Crippen LogP contribution >= 0.6 is 0 Å². The summed E-state index contributed by atoms with van der Waals surface area (Å²) >= 11 is 0. The third kappa shape index (κ3) is 5.04. The SMILES string of the molecule is Cc1cc(C)c(OCC(=O)N(C)Cc2ccc(N3CCOCC3)cc2)c(C)c1. The van der Waals surface area contributed by atoms with Gasteiger partial charge in [-0.15, -0.1) is 0 Å². The Kier molecular flexibility index (Phi) is 6.57. The van der Waals surface area contributed by atoms with Gasteiger partial charge in [0.25, 0.3) is 5.91 Å². The number of hydrogen-bond donors (Lipinski definition) is 0. The lowest BCUT2D eigenvalue weighted by molar-refractivity contribution is -0.132. The Hall–Kier alpha value is -2.53. The molecule has 1 amide bonds. The molecular weight excluding hydrogens is 352 g/mol. The van der Waals surface area contributed by atoms with Crippen molar-refractivity contribution in [3.63, 3.8) is 0 Å². The zero-order chi connectivity index (χ0) is 20.1. The van der Waals surface area contributed by atoms with Gasteiger partial charge in [-0.2, -0.15) is 0 Å². The standard InChI is InChI=1S/C23H30N2O3/c1-17-13-18(2)23(19(3)14-17)28-16-22(26)24(4)15-20-5-7-21(8-6-20)25-9-11-27-12-10-25/h5-8,13-14H,9-12,15-16H2,1-4H3. The zero-order valence-corrected chi connectivity index (χ0v) is 17.3. The highest BCUT2D eigenvalue weighted by Crippen LogP contribution is 2.24. The van der Waals surface area contributed by atoms with Crippen LogP contribution in [0.1, 0.15) is 22.3 Å². The number of benzene rings is 2. The summed E-state index contributed by atoms with van der Waals surface area (Å²) in [7, 11) is 1.82. The van der Waals surface area contributed by atoms with Gasteiger partial charge in [0, 0.05) is 32.4 Å². The van der Waals surface area contributed by atoms with Gasteiger partial charge in [-0.1, -0.05) is 29.8 Å². The van der Waals surface area contributed by atoms with Crippen LogP contribution in [0, 0.1) is 20.8 Å². The molecular formula is C23H30N2O3. The number of carbonyl (C=O) groups is 1. The number of likely N-dealkylation sites (N-methyl/N-ethyl adjacent to an activating group) is 1. The lowest BCUT2D eigenvalue weighted by Crippen LogP contribution is -2.36. The van der Waals surface area contributed by atoms with Crippen molar-refractivity contribution in [3.8, 4) is 5.75 Å². The molecule has 0 atom stereocenters. The van der Waals surface area contributed by atoms with Gasteiger partial charge in [0.05, 0.1) is 13.2 Å². The number of hydrogen-bond acceptors (Lipinski definition) is 4. The number of anilines is 1. The first-order valence-corrected chi connectivity index (χ1v) is 9.80. The van der Waals surface area contributed by atoms with Crippen molar-refractivity contribution in [3.05, 3.63) is 58.7 Å². The molecule has 0 N–H and O–H groups in total. The zero-order valence-electron chi connectivity index (χ0n) is 17.3. The maximum atomic E-state index is 12.5. The number of aryl methyl sites for hydroxylation is 3. The van der Waals surface area contributed by atoms with Crippen LogP contribution in [-0.4, -0.2) is 50.8 Å². The quantitative estimate of drug-likeness (QED) is 0.767. The third-order valence-corrected chi connectivity index (χ3v) is 5.10. The van der Waals surface area contributed by atoms with Crippen LogP contribution in [0.25, 0.3) is 0 Å². The first-order chi connectivity index (χ1) is 13.4. The lowest BCUT2D eigenvalue weighted by Gasteiger charge is -2.29. The van der Waals surface area contributed by atoms with Gasteiger partial charge in [-0.3, -0.25) is 4.79 Å². The van der Waals surface area contributed by atoms with Crippen LogP contribution in [0.3, 0.4) is 0 Å². The van der Waals surface area contributed by atoms with Crippen LogP contribution in [0.2, 0.25) is 0 Å². The Labute approximate surface area is 167 Å². The molecule has 1 saturated heterocycles. The molecule has 2 aromatic carbocycles. The molecule has 5 nitrogen and oxygen atoms in total. The molecule has 0 saturated carbocycles. The van der Waals surface area contributed by atoms with Crippen LogP contribution < -0.4 is 9.64 Å². The Balaban J connectivity index is 1.54. The Morgan fingerprint density at radius 3 is 2.29 bits per heavy atom. The van der Waals surface area contributed by atoms with E-state index in [4.69, 9.17) is 9.47 Å². The molecule has 0 unspecified atom stereocenters. The van der Waals surface area contributed by atoms with Crippen molar-refractivity contribution < 1.29 is 14.3 Å². The topological polar surface area (TPSA) is 42.0 Å². The molecule has 28 heavy (non-hydrogen) atoms. The number of carbonyl (C=O) groups excluding carboxylic acids is 1. The van der Waals surface area contributed by atoms with E-state index in [9.17, 15) is 4.79 Å². The molecule has 150 valence electrons.